The molecule has 0 radical (unpaired) electrons. The minimum Gasteiger partial charge on any atom is -0.496 e. The van der Waals surface area contributed by atoms with Gasteiger partial charge in [0, 0.05) is 24.0 Å². The van der Waals surface area contributed by atoms with Crippen LogP contribution >= 0.6 is 11.3 Å². The summed E-state index contributed by atoms with van der Waals surface area (Å²) in [4.78, 5) is 28.1. The zero-order valence-electron chi connectivity index (χ0n) is 16.0. The van der Waals surface area contributed by atoms with Gasteiger partial charge in [-0.1, -0.05) is 25.1 Å². The summed E-state index contributed by atoms with van der Waals surface area (Å²) >= 11 is 1.50. The Morgan fingerprint density at radius 1 is 1.30 bits per heavy atom. The van der Waals surface area contributed by atoms with E-state index in [1.165, 1.54) is 26.7 Å². The van der Waals surface area contributed by atoms with Gasteiger partial charge in [0.2, 0.25) is 0 Å². The second-order valence-electron chi connectivity index (χ2n) is 7.04. The first-order valence-corrected chi connectivity index (χ1v) is 9.94. The third-order valence-electron chi connectivity index (χ3n) is 4.88. The van der Waals surface area contributed by atoms with Crippen molar-refractivity contribution in [2.24, 2.45) is 5.92 Å². The highest BCUT2D eigenvalue weighted by Gasteiger charge is 2.22. The summed E-state index contributed by atoms with van der Waals surface area (Å²) in [6.45, 7) is 2.36. The summed E-state index contributed by atoms with van der Waals surface area (Å²) in [6.07, 6.45) is 3.20. The van der Waals surface area contributed by atoms with Crippen LogP contribution in [0.25, 0.3) is 0 Å². The molecular weight excluding hydrogens is 362 g/mol. The van der Waals surface area contributed by atoms with Gasteiger partial charge in [-0.25, -0.2) is 4.79 Å². The number of carbonyl (C=O) groups excluding carboxylic acids is 2. The molecule has 0 spiro atoms. The fourth-order valence-electron chi connectivity index (χ4n) is 3.29. The molecule has 0 unspecified atom stereocenters. The number of benzene rings is 1. The van der Waals surface area contributed by atoms with Gasteiger partial charge in [0.1, 0.15) is 10.6 Å². The summed E-state index contributed by atoms with van der Waals surface area (Å²) in [6, 6.07) is 9.48. The van der Waals surface area contributed by atoms with Crippen LogP contribution in [0.3, 0.4) is 0 Å². The Hall–Kier alpha value is -2.34. The Morgan fingerprint density at radius 3 is 2.85 bits per heavy atom. The number of esters is 1. The molecule has 3 rings (SSSR count). The number of carbonyl (C=O) groups is 2. The molecule has 0 fully saturated rings. The summed E-state index contributed by atoms with van der Waals surface area (Å²) in [5.41, 5.74) is 2.16. The predicted octanol–water partition coefficient (Wildman–Crippen LogP) is 3.70. The Morgan fingerprint density at radius 2 is 2.07 bits per heavy atom. The Labute approximate surface area is 163 Å². The van der Waals surface area contributed by atoms with E-state index in [0.717, 1.165) is 30.6 Å². The molecule has 144 valence electrons. The number of hydrogen-bond donors (Lipinski definition) is 0. The summed E-state index contributed by atoms with van der Waals surface area (Å²) in [7, 11) is 3.29. The van der Waals surface area contributed by atoms with Gasteiger partial charge >= 0.3 is 5.97 Å². The van der Waals surface area contributed by atoms with Gasteiger partial charge in [-0.15, -0.1) is 11.3 Å². The van der Waals surface area contributed by atoms with E-state index in [-0.39, 0.29) is 12.5 Å². The van der Waals surface area contributed by atoms with E-state index in [1.54, 1.807) is 14.2 Å². The van der Waals surface area contributed by atoms with Crippen LogP contribution in [0.5, 0.6) is 5.75 Å². The molecule has 1 heterocycles. The van der Waals surface area contributed by atoms with Crippen molar-refractivity contribution in [3.05, 3.63) is 51.2 Å². The van der Waals surface area contributed by atoms with E-state index in [0.29, 0.717) is 17.3 Å². The van der Waals surface area contributed by atoms with E-state index in [1.807, 2.05) is 30.3 Å². The number of aryl methyl sites for hydroxylation is 1. The molecule has 1 atom stereocenters. The summed E-state index contributed by atoms with van der Waals surface area (Å²) < 4.78 is 10.6. The van der Waals surface area contributed by atoms with Gasteiger partial charge in [-0.2, -0.15) is 0 Å². The lowest BCUT2D eigenvalue weighted by Gasteiger charge is -2.18. The lowest BCUT2D eigenvalue weighted by atomic mass is 9.90. The van der Waals surface area contributed by atoms with Crippen LogP contribution in [0.2, 0.25) is 0 Å². The van der Waals surface area contributed by atoms with Crippen LogP contribution in [0.1, 0.15) is 39.0 Å². The molecular formula is C21H25NO4S. The minimum atomic E-state index is -0.416. The maximum atomic E-state index is 12.3. The molecule has 0 bridgehead atoms. The van der Waals surface area contributed by atoms with E-state index in [9.17, 15) is 9.59 Å². The lowest BCUT2D eigenvalue weighted by Crippen LogP contribution is -2.30. The highest BCUT2D eigenvalue weighted by Crippen LogP contribution is 2.32. The number of para-hydroxylation sites is 1. The van der Waals surface area contributed by atoms with Gasteiger partial charge in [-0.05, 0) is 42.9 Å². The molecule has 0 aliphatic heterocycles. The quantitative estimate of drug-likeness (QED) is 0.709. The third kappa shape index (κ3) is 4.69. The standard InChI is InChI=1S/C21H25NO4S/c1-14-8-9-18-16(10-14)11-19(27-18)21(24)26-13-20(23)22(2)12-15-6-4-5-7-17(15)25-3/h4-7,11,14H,8-10,12-13H2,1-3H3/t14-/m0/s1. The first-order chi connectivity index (χ1) is 13.0. The zero-order valence-corrected chi connectivity index (χ0v) is 16.8. The maximum Gasteiger partial charge on any atom is 0.348 e. The van der Waals surface area contributed by atoms with E-state index >= 15 is 0 Å². The van der Waals surface area contributed by atoms with Crippen molar-refractivity contribution >= 4 is 23.2 Å². The van der Waals surface area contributed by atoms with Crippen LogP contribution < -0.4 is 4.74 Å². The SMILES string of the molecule is COc1ccccc1CN(C)C(=O)COC(=O)c1cc2c(s1)CC[C@H](C)C2. The number of methoxy groups -OCH3 is 1. The molecule has 1 aliphatic rings. The highest BCUT2D eigenvalue weighted by molar-refractivity contribution is 7.14. The second-order valence-corrected chi connectivity index (χ2v) is 8.18. The first-order valence-electron chi connectivity index (χ1n) is 9.12. The molecule has 1 aromatic heterocycles. The van der Waals surface area contributed by atoms with Crippen molar-refractivity contribution < 1.29 is 19.1 Å². The molecule has 0 N–H and O–H groups in total. The van der Waals surface area contributed by atoms with Gasteiger partial charge < -0.3 is 14.4 Å². The van der Waals surface area contributed by atoms with Crippen molar-refractivity contribution in [3.63, 3.8) is 0 Å². The van der Waals surface area contributed by atoms with Crippen molar-refractivity contribution in [2.75, 3.05) is 20.8 Å². The van der Waals surface area contributed by atoms with E-state index in [4.69, 9.17) is 9.47 Å². The number of amides is 1. The van der Waals surface area contributed by atoms with Crippen molar-refractivity contribution in [1.29, 1.82) is 0 Å². The predicted molar refractivity (Wildman–Crippen MR) is 105 cm³/mol. The van der Waals surface area contributed by atoms with Crippen molar-refractivity contribution in [2.45, 2.75) is 32.7 Å². The first kappa shape index (κ1) is 19.4. The number of hydrogen-bond acceptors (Lipinski definition) is 5. The van der Waals surface area contributed by atoms with Crippen LogP contribution in [-0.2, 0) is 28.9 Å². The molecule has 1 aromatic carbocycles. The van der Waals surface area contributed by atoms with Gasteiger partial charge in [-0.3, -0.25) is 4.79 Å². The number of likely N-dealkylation sites (N-methyl/N-ethyl adjacent to an activating group) is 1. The zero-order chi connectivity index (χ0) is 19.4. The molecule has 5 nitrogen and oxygen atoms in total. The largest absolute Gasteiger partial charge is 0.496 e. The molecule has 6 heteroatoms. The molecule has 2 aromatic rings. The minimum absolute atomic E-state index is 0.246. The maximum absolute atomic E-state index is 12.3. The smallest absolute Gasteiger partial charge is 0.348 e. The van der Waals surface area contributed by atoms with Crippen molar-refractivity contribution in [1.82, 2.24) is 4.90 Å². The van der Waals surface area contributed by atoms with Gasteiger partial charge in [0.25, 0.3) is 5.91 Å². The second kappa shape index (κ2) is 8.57. The third-order valence-corrected chi connectivity index (χ3v) is 6.10. The normalized spacial score (nSPS) is 15.7. The molecule has 0 saturated carbocycles. The average molecular weight is 388 g/mol. The molecule has 0 saturated heterocycles. The van der Waals surface area contributed by atoms with Crippen molar-refractivity contribution in [3.8, 4) is 5.75 Å². The van der Waals surface area contributed by atoms with Crippen LogP contribution in [0, 0.1) is 5.92 Å². The molecule has 1 amide bonds. The number of nitrogens with zero attached hydrogens (tertiary/aromatic N) is 1. The number of fused-ring (bicyclic) bond motifs is 1. The number of ether oxygens (including phenoxy) is 2. The van der Waals surface area contributed by atoms with Crippen LogP contribution in [0.4, 0.5) is 0 Å². The fourth-order valence-corrected chi connectivity index (χ4v) is 4.39. The monoisotopic (exact) mass is 387 g/mol. The van der Waals surface area contributed by atoms with Crippen LogP contribution in [-0.4, -0.2) is 37.5 Å². The average Bonchev–Trinajstić information content (AvgIpc) is 3.09. The molecule has 1 aliphatic carbocycles. The lowest BCUT2D eigenvalue weighted by molar-refractivity contribution is -0.133. The topological polar surface area (TPSA) is 55.8 Å². The number of thiophene rings is 1. The summed E-state index contributed by atoms with van der Waals surface area (Å²) in [5.74, 6) is 0.721. The van der Waals surface area contributed by atoms with Crippen LogP contribution in [0.15, 0.2) is 30.3 Å². The fraction of sp³-hybridized carbons (Fsp3) is 0.429. The van der Waals surface area contributed by atoms with E-state index in [2.05, 4.69) is 6.92 Å². The Bertz CT molecular complexity index is 829. The number of rotatable bonds is 6. The van der Waals surface area contributed by atoms with E-state index < -0.39 is 5.97 Å². The Kier molecular flexibility index (Phi) is 6.16. The molecule has 27 heavy (non-hydrogen) atoms. The summed E-state index contributed by atoms with van der Waals surface area (Å²) in [5, 5.41) is 0. The van der Waals surface area contributed by atoms with Gasteiger partial charge in [0.05, 0.1) is 7.11 Å². The Balaban J connectivity index is 1.54. The van der Waals surface area contributed by atoms with Gasteiger partial charge in [0.15, 0.2) is 6.61 Å². The highest BCUT2D eigenvalue weighted by atomic mass is 32.1.